The molecule has 1 aromatic carbocycles. The summed E-state index contributed by atoms with van der Waals surface area (Å²) < 4.78 is 18.9. The third-order valence-electron chi connectivity index (χ3n) is 3.32. The van der Waals surface area contributed by atoms with Gasteiger partial charge in [-0.2, -0.15) is 0 Å². The van der Waals surface area contributed by atoms with Crippen molar-refractivity contribution in [2.24, 2.45) is 0 Å². The first kappa shape index (κ1) is 13.6. The SMILES string of the molecule is CCN(C(=O)COc1cc(C)c(N)cc1F)C1CC1. The van der Waals surface area contributed by atoms with Crippen molar-refractivity contribution >= 4 is 11.6 Å². The van der Waals surface area contributed by atoms with Crippen LogP contribution in [0.5, 0.6) is 5.75 Å². The molecule has 1 aromatic rings. The summed E-state index contributed by atoms with van der Waals surface area (Å²) in [6.45, 7) is 4.23. The summed E-state index contributed by atoms with van der Waals surface area (Å²) in [5.74, 6) is -0.559. The van der Waals surface area contributed by atoms with Crippen LogP contribution in [0, 0.1) is 12.7 Å². The number of anilines is 1. The number of carbonyl (C=O) groups is 1. The standard InChI is InChI=1S/C14H19FN2O2/c1-3-17(10-4-5-10)14(18)8-19-13-6-9(2)12(16)7-11(13)15/h6-7,10H,3-5,8,16H2,1-2H3. The van der Waals surface area contributed by atoms with Gasteiger partial charge in [-0.3, -0.25) is 4.79 Å². The number of rotatable bonds is 5. The number of benzene rings is 1. The van der Waals surface area contributed by atoms with Gasteiger partial charge in [-0.15, -0.1) is 0 Å². The molecule has 1 fully saturated rings. The molecule has 1 saturated carbocycles. The second-order valence-electron chi connectivity index (χ2n) is 4.84. The van der Waals surface area contributed by atoms with Crippen LogP contribution >= 0.6 is 0 Å². The molecule has 104 valence electrons. The van der Waals surface area contributed by atoms with Crippen molar-refractivity contribution in [3.05, 3.63) is 23.5 Å². The van der Waals surface area contributed by atoms with E-state index in [1.165, 1.54) is 12.1 Å². The van der Waals surface area contributed by atoms with Gasteiger partial charge in [-0.25, -0.2) is 4.39 Å². The Labute approximate surface area is 112 Å². The topological polar surface area (TPSA) is 55.6 Å². The molecular weight excluding hydrogens is 247 g/mol. The highest BCUT2D eigenvalue weighted by Crippen LogP contribution is 2.27. The van der Waals surface area contributed by atoms with E-state index in [-0.39, 0.29) is 18.3 Å². The van der Waals surface area contributed by atoms with Gasteiger partial charge in [-0.1, -0.05) is 0 Å². The van der Waals surface area contributed by atoms with Crippen LogP contribution in [0.1, 0.15) is 25.3 Å². The number of nitrogens with zero attached hydrogens (tertiary/aromatic N) is 1. The molecule has 0 aliphatic heterocycles. The Hall–Kier alpha value is -1.78. The first-order valence-corrected chi connectivity index (χ1v) is 6.50. The van der Waals surface area contributed by atoms with E-state index in [0.29, 0.717) is 18.3 Å². The van der Waals surface area contributed by atoms with Crippen molar-refractivity contribution in [3.8, 4) is 5.75 Å². The summed E-state index contributed by atoms with van der Waals surface area (Å²) in [5, 5.41) is 0. The number of amides is 1. The van der Waals surface area contributed by atoms with E-state index in [0.717, 1.165) is 18.4 Å². The van der Waals surface area contributed by atoms with E-state index in [2.05, 4.69) is 0 Å². The number of hydrogen-bond acceptors (Lipinski definition) is 3. The van der Waals surface area contributed by atoms with Crippen molar-refractivity contribution in [1.29, 1.82) is 0 Å². The molecule has 1 aliphatic carbocycles. The smallest absolute Gasteiger partial charge is 0.260 e. The Kier molecular flexibility index (Phi) is 3.93. The molecule has 0 radical (unpaired) electrons. The third kappa shape index (κ3) is 3.16. The number of nitrogens with two attached hydrogens (primary N) is 1. The fourth-order valence-corrected chi connectivity index (χ4v) is 2.03. The molecule has 5 heteroatoms. The van der Waals surface area contributed by atoms with Crippen LogP contribution in [-0.4, -0.2) is 30.0 Å². The van der Waals surface area contributed by atoms with Crippen LogP contribution in [0.4, 0.5) is 10.1 Å². The van der Waals surface area contributed by atoms with Crippen LogP contribution in [0.3, 0.4) is 0 Å². The molecule has 0 unspecified atom stereocenters. The predicted octanol–water partition coefficient (Wildman–Crippen LogP) is 2.11. The van der Waals surface area contributed by atoms with Crippen LogP contribution in [-0.2, 0) is 4.79 Å². The number of hydrogen-bond donors (Lipinski definition) is 1. The summed E-state index contributed by atoms with van der Waals surface area (Å²) in [4.78, 5) is 13.7. The van der Waals surface area contributed by atoms with E-state index < -0.39 is 5.82 Å². The minimum Gasteiger partial charge on any atom is -0.481 e. The van der Waals surface area contributed by atoms with E-state index in [4.69, 9.17) is 10.5 Å². The number of likely N-dealkylation sites (N-methyl/N-ethyl adjacent to an activating group) is 1. The van der Waals surface area contributed by atoms with Gasteiger partial charge in [0.05, 0.1) is 0 Å². The molecule has 1 aliphatic rings. The lowest BCUT2D eigenvalue weighted by Gasteiger charge is -2.20. The van der Waals surface area contributed by atoms with Crippen LogP contribution in [0.2, 0.25) is 0 Å². The highest BCUT2D eigenvalue weighted by molar-refractivity contribution is 5.78. The average Bonchev–Trinajstić information content (AvgIpc) is 3.17. The van der Waals surface area contributed by atoms with Gasteiger partial charge in [0.15, 0.2) is 18.2 Å². The number of carbonyl (C=O) groups excluding carboxylic acids is 1. The summed E-state index contributed by atoms with van der Waals surface area (Å²) in [6.07, 6.45) is 2.10. The largest absolute Gasteiger partial charge is 0.481 e. The zero-order valence-corrected chi connectivity index (χ0v) is 11.3. The maximum absolute atomic E-state index is 13.6. The second-order valence-corrected chi connectivity index (χ2v) is 4.84. The lowest BCUT2D eigenvalue weighted by atomic mass is 10.2. The van der Waals surface area contributed by atoms with Gasteiger partial charge in [0.25, 0.3) is 5.91 Å². The Bertz CT molecular complexity index is 487. The monoisotopic (exact) mass is 266 g/mol. The van der Waals surface area contributed by atoms with Gasteiger partial charge in [-0.05, 0) is 38.3 Å². The maximum atomic E-state index is 13.6. The Morgan fingerprint density at radius 1 is 1.53 bits per heavy atom. The van der Waals surface area contributed by atoms with Crippen LogP contribution in [0.15, 0.2) is 12.1 Å². The molecule has 1 amide bonds. The lowest BCUT2D eigenvalue weighted by Crippen LogP contribution is -2.36. The summed E-state index contributed by atoms with van der Waals surface area (Å²) in [7, 11) is 0. The van der Waals surface area contributed by atoms with E-state index in [9.17, 15) is 9.18 Å². The zero-order chi connectivity index (χ0) is 14.0. The van der Waals surface area contributed by atoms with Crippen molar-refractivity contribution in [1.82, 2.24) is 4.90 Å². The fraction of sp³-hybridized carbons (Fsp3) is 0.500. The average molecular weight is 266 g/mol. The quantitative estimate of drug-likeness (QED) is 0.830. The number of aryl methyl sites for hydroxylation is 1. The molecule has 0 spiro atoms. The van der Waals surface area contributed by atoms with Gasteiger partial charge in [0.1, 0.15) is 0 Å². The van der Waals surface area contributed by atoms with Crippen molar-refractivity contribution in [2.45, 2.75) is 32.7 Å². The predicted molar refractivity (Wildman–Crippen MR) is 71.5 cm³/mol. The van der Waals surface area contributed by atoms with Gasteiger partial charge >= 0.3 is 0 Å². The molecule has 0 saturated heterocycles. The normalized spacial score (nSPS) is 14.3. The first-order chi connectivity index (χ1) is 9.02. The van der Waals surface area contributed by atoms with Crippen LogP contribution in [0.25, 0.3) is 0 Å². The summed E-state index contributed by atoms with van der Waals surface area (Å²) >= 11 is 0. The third-order valence-corrected chi connectivity index (χ3v) is 3.32. The Morgan fingerprint density at radius 2 is 2.21 bits per heavy atom. The molecule has 0 aromatic heterocycles. The number of ether oxygens (including phenoxy) is 1. The number of nitrogen functional groups attached to an aromatic ring is 1. The number of halogens is 1. The zero-order valence-electron chi connectivity index (χ0n) is 11.3. The van der Waals surface area contributed by atoms with Gasteiger partial charge in [0, 0.05) is 24.3 Å². The molecule has 0 bridgehead atoms. The highest BCUT2D eigenvalue weighted by atomic mass is 19.1. The summed E-state index contributed by atoms with van der Waals surface area (Å²) in [6, 6.07) is 3.08. The Morgan fingerprint density at radius 3 is 2.79 bits per heavy atom. The van der Waals surface area contributed by atoms with Gasteiger partial charge < -0.3 is 15.4 Å². The molecule has 0 atom stereocenters. The molecule has 2 N–H and O–H groups in total. The fourth-order valence-electron chi connectivity index (χ4n) is 2.03. The van der Waals surface area contributed by atoms with Crippen molar-refractivity contribution in [2.75, 3.05) is 18.9 Å². The van der Waals surface area contributed by atoms with Crippen molar-refractivity contribution in [3.63, 3.8) is 0 Å². The van der Waals surface area contributed by atoms with Gasteiger partial charge in [0.2, 0.25) is 0 Å². The first-order valence-electron chi connectivity index (χ1n) is 6.50. The minimum absolute atomic E-state index is 0.0758. The van der Waals surface area contributed by atoms with E-state index >= 15 is 0 Å². The minimum atomic E-state index is -0.537. The van der Waals surface area contributed by atoms with Crippen molar-refractivity contribution < 1.29 is 13.9 Å². The molecular formula is C14H19FN2O2. The molecule has 0 heterocycles. The lowest BCUT2D eigenvalue weighted by molar-refractivity contribution is -0.133. The maximum Gasteiger partial charge on any atom is 0.260 e. The Balaban J connectivity index is 1.98. The van der Waals surface area contributed by atoms with Crippen LogP contribution < -0.4 is 10.5 Å². The highest BCUT2D eigenvalue weighted by Gasteiger charge is 2.31. The molecule has 19 heavy (non-hydrogen) atoms. The van der Waals surface area contributed by atoms with E-state index in [1.54, 1.807) is 11.8 Å². The molecule has 2 rings (SSSR count). The summed E-state index contributed by atoms with van der Waals surface area (Å²) in [5.41, 5.74) is 6.71. The second kappa shape index (κ2) is 5.47. The molecule has 4 nitrogen and oxygen atoms in total. The van der Waals surface area contributed by atoms with E-state index in [1.807, 2.05) is 6.92 Å².